The van der Waals surface area contributed by atoms with Gasteiger partial charge in [-0.2, -0.15) is 0 Å². The highest BCUT2D eigenvalue weighted by molar-refractivity contribution is 6.01. The lowest BCUT2D eigenvalue weighted by Gasteiger charge is -2.29. The van der Waals surface area contributed by atoms with Gasteiger partial charge in [-0.05, 0) is 47.2 Å². The topological polar surface area (TPSA) is 54.8 Å². The first kappa shape index (κ1) is 19.3. The third-order valence-corrected chi connectivity index (χ3v) is 5.54. The average molecular weight is 390 g/mol. The number of benzene rings is 3. The van der Waals surface area contributed by atoms with Gasteiger partial charge in [-0.25, -0.2) is 0 Å². The maximum atomic E-state index is 7.59. The molecule has 29 heavy (non-hydrogen) atoms. The molecule has 0 saturated carbocycles. The van der Waals surface area contributed by atoms with Crippen molar-refractivity contribution >= 4 is 17.0 Å². The van der Waals surface area contributed by atoms with Crippen LogP contribution in [0.4, 0.5) is 0 Å². The predicted molar refractivity (Wildman–Crippen MR) is 116 cm³/mol. The lowest BCUT2D eigenvalue weighted by Crippen LogP contribution is -2.33. The van der Waals surface area contributed by atoms with Crippen molar-refractivity contribution in [1.82, 2.24) is 4.90 Å². The summed E-state index contributed by atoms with van der Waals surface area (Å²) in [5.74, 6) is 2.44. The van der Waals surface area contributed by atoms with Gasteiger partial charge in [0.1, 0.15) is 12.4 Å². The van der Waals surface area contributed by atoms with Crippen molar-refractivity contribution in [3.05, 3.63) is 65.2 Å². The normalized spacial score (nSPS) is 13.7. The second-order valence-electron chi connectivity index (χ2n) is 7.19. The maximum absolute atomic E-state index is 7.59. The minimum Gasteiger partial charge on any atom is -0.493 e. The van der Waals surface area contributed by atoms with Gasteiger partial charge in [-0.1, -0.05) is 24.3 Å². The van der Waals surface area contributed by atoms with Crippen molar-refractivity contribution in [2.75, 3.05) is 33.9 Å². The first-order chi connectivity index (χ1) is 14.2. The Morgan fingerprint density at radius 3 is 2.38 bits per heavy atom. The van der Waals surface area contributed by atoms with Crippen LogP contribution in [0.15, 0.2) is 48.5 Å². The summed E-state index contributed by atoms with van der Waals surface area (Å²) in [5, 5.41) is 9.69. The molecular weight excluding hydrogens is 364 g/mol. The summed E-state index contributed by atoms with van der Waals surface area (Å²) in [5.41, 5.74) is 3.52. The van der Waals surface area contributed by atoms with Crippen molar-refractivity contribution in [3.63, 3.8) is 0 Å². The Labute approximate surface area is 171 Å². The van der Waals surface area contributed by atoms with E-state index in [0.29, 0.717) is 6.61 Å². The van der Waals surface area contributed by atoms with Crippen LogP contribution in [0.3, 0.4) is 0 Å². The third-order valence-electron chi connectivity index (χ3n) is 5.54. The molecule has 0 saturated heterocycles. The third kappa shape index (κ3) is 3.91. The summed E-state index contributed by atoms with van der Waals surface area (Å²) in [6.45, 7) is 3.36. The number of nitrogens with one attached hydrogen (secondary N) is 1. The molecule has 3 aromatic carbocycles. The smallest absolute Gasteiger partial charge is 0.161 e. The first-order valence-corrected chi connectivity index (χ1v) is 9.84. The van der Waals surface area contributed by atoms with Crippen LogP contribution in [0.1, 0.15) is 16.7 Å². The second-order valence-corrected chi connectivity index (χ2v) is 7.19. The molecule has 0 radical (unpaired) electrons. The van der Waals surface area contributed by atoms with E-state index >= 15 is 0 Å². The summed E-state index contributed by atoms with van der Waals surface area (Å²) in [6.07, 6.45) is 2.38. The fourth-order valence-corrected chi connectivity index (χ4v) is 3.96. The van der Waals surface area contributed by atoms with E-state index in [2.05, 4.69) is 23.1 Å². The van der Waals surface area contributed by atoms with Crippen LogP contribution in [0.2, 0.25) is 0 Å². The molecule has 0 bridgehead atoms. The molecule has 1 N–H and O–H groups in total. The van der Waals surface area contributed by atoms with Crippen LogP contribution in [0.5, 0.6) is 17.2 Å². The molecule has 0 aliphatic carbocycles. The Hall–Kier alpha value is -3.05. The molecule has 5 heteroatoms. The van der Waals surface area contributed by atoms with E-state index in [0.717, 1.165) is 59.6 Å². The van der Waals surface area contributed by atoms with Crippen molar-refractivity contribution in [2.24, 2.45) is 0 Å². The number of methoxy groups -OCH3 is 2. The van der Waals surface area contributed by atoms with Crippen molar-refractivity contribution in [3.8, 4) is 17.2 Å². The Morgan fingerprint density at radius 2 is 1.66 bits per heavy atom. The molecule has 0 spiro atoms. The van der Waals surface area contributed by atoms with Crippen LogP contribution in [0.25, 0.3) is 10.8 Å². The zero-order valence-corrected chi connectivity index (χ0v) is 16.9. The van der Waals surface area contributed by atoms with E-state index in [9.17, 15) is 0 Å². The summed E-state index contributed by atoms with van der Waals surface area (Å²) < 4.78 is 17.0. The number of fused-ring (bicyclic) bond motifs is 2. The van der Waals surface area contributed by atoms with Crippen LogP contribution in [-0.2, 0) is 13.0 Å². The Kier molecular flexibility index (Phi) is 5.67. The van der Waals surface area contributed by atoms with Gasteiger partial charge in [-0.3, -0.25) is 4.90 Å². The zero-order valence-electron chi connectivity index (χ0n) is 16.9. The number of rotatable bonds is 7. The average Bonchev–Trinajstić information content (AvgIpc) is 2.78. The van der Waals surface area contributed by atoms with Crippen molar-refractivity contribution < 1.29 is 14.2 Å². The number of ether oxygens (including phenoxy) is 3. The molecule has 0 aromatic heterocycles. The zero-order chi connectivity index (χ0) is 20.2. The number of nitrogens with zero attached hydrogens (tertiary/aromatic N) is 1. The second kappa shape index (κ2) is 8.53. The molecule has 3 aromatic rings. The standard InChI is InChI=1S/C24H26N2O3/c1-27-23-13-17-9-10-26(16-19(17)14-24(23)28-2)11-12-29-22-8-7-18(15-25)20-5-3-4-6-21(20)22/h3-8,13-15,25H,9-12,16H2,1-2H3. The largest absolute Gasteiger partial charge is 0.493 e. The highest BCUT2D eigenvalue weighted by Crippen LogP contribution is 2.33. The molecule has 1 heterocycles. The minimum atomic E-state index is 0.622. The van der Waals surface area contributed by atoms with E-state index in [-0.39, 0.29) is 0 Å². The number of hydrogen-bond donors (Lipinski definition) is 1. The van der Waals surface area contributed by atoms with E-state index in [1.165, 1.54) is 17.3 Å². The highest BCUT2D eigenvalue weighted by atomic mass is 16.5. The molecule has 0 atom stereocenters. The molecule has 4 rings (SSSR count). The molecule has 1 aliphatic heterocycles. The van der Waals surface area contributed by atoms with Gasteiger partial charge in [0.15, 0.2) is 11.5 Å². The van der Waals surface area contributed by atoms with Crippen LogP contribution < -0.4 is 14.2 Å². The van der Waals surface area contributed by atoms with Gasteiger partial charge in [0.05, 0.1) is 14.2 Å². The molecule has 0 amide bonds. The quantitative estimate of drug-likeness (QED) is 0.612. The van der Waals surface area contributed by atoms with Gasteiger partial charge in [-0.15, -0.1) is 0 Å². The van der Waals surface area contributed by atoms with Crippen LogP contribution in [-0.4, -0.2) is 45.0 Å². The van der Waals surface area contributed by atoms with Gasteiger partial charge < -0.3 is 19.6 Å². The molecule has 0 fully saturated rings. The van der Waals surface area contributed by atoms with E-state index < -0.39 is 0 Å². The van der Waals surface area contributed by atoms with E-state index in [1.807, 2.05) is 30.3 Å². The maximum Gasteiger partial charge on any atom is 0.161 e. The van der Waals surface area contributed by atoms with Gasteiger partial charge in [0, 0.05) is 36.8 Å². The van der Waals surface area contributed by atoms with Crippen LogP contribution in [0, 0.1) is 5.41 Å². The van der Waals surface area contributed by atoms with Gasteiger partial charge in [0.2, 0.25) is 0 Å². The van der Waals surface area contributed by atoms with Gasteiger partial charge >= 0.3 is 0 Å². The Balaban J connectivity index is 1.43. The molecule has 5 nitrogen and oxygen atoms in total. The van der Waals surface area contributed by atoms with Crippen molar-refractivity contribution in [2.45, 2.75) is 13.0 Å². The minimum absolute atomic E-state index is 0.622. The summed E-state index contributed by atoms with van der Waals surface area (Å²) in [7, 11) is 3.35. The number of hydrogen-bond acceptors (Lipinski definition) is 5. The van der Waals surface area contributed by atoms with Crippen LogP contribution >= 0.6 is 0 Å². The first-order valence-electron chi connectivity index (χ1n) is 9.84. The fourth-order valence-electron chi connectivity index (χ4n) is 3.96. The molecular formula is C24H26N2O3. The molecule has 0 unspecified atom stereocenters. The summed E-state index contributed by atoms with van der Waals surface area (Å²) in [4.78, 5) is 2.41. The Morgan fingerprint density at radius 1 is 0.931 bits per heavy atom. The Bertz CT molecular complexity index is 1030. The lowest BCUT2D eigenvalue weighted by atomic mass is 9.99. The predicted octanol–water partition coefficient (Wildman–Crippen LogP) is 4.29. The lowest BCUT2D eigenvalue weighted by molar-refractivity contribution is 0.197. The summed E-state index contributed by atoms with van der Waals surface area (Å²) in [6, 6.07) is 16.2. The van der Waals surface area contributed by atoms with Gasteiger partial charge in [0.25, 0.3) is 0 Å². The fraction of sp³-hybridized carbons (Fsp3) is 0.292. The van der Waals surface area contributed by atoms with Crippen molar-refractivity contribution in [1.29, 1.82) is 5.41 Å². The molecule has 150 valence electrons. The summed E-state index contributed by atoms with van der Waals surface area (Å²) >= 11 is 0. The highest BCUT2D eigenvalue weighted by Gasteiger charge is 2.19. The van der Waals surface area contributed by atoms with E-state index in [1.54, 1.807) is 14.2 Å². The SMILES string of the molecule is COc1cc2c(cc1OC)CN(CCOc1ccc(C=N)c3ccccc13)CC2. The molecule has 1 aliphatic rings. The monoisotopic (exact) mass is 390 g/mol. The van der Waals surface area contributed by atoms with E-state index in [4.69, 9.17) is 19.6 Å².